The van der Waals surface area contributed by atoms with Crippen LogP contribution in [-0.4, -0.2) is 19.1 Å². The Morgan fingerprint density at radius 3 is 1.90 bits per heavy atom. The molecule has 0 saturated carbocycles. The average molecular weight is 537 g/mol. The Hall–Kier alpha value is -5.74. The summed E-state index contributed by atoms with van der Waals surface area (Å²) in [6.45, 7) is 0. The van der Waals surface area contributed by atoms with Crippen LogP contribution in [0.3, 0.4) is 0 Å². The van der Waals surface area contributed by atoms with Crippen LogP contribution in [0.15, 0.2) is 146 Å². The Labute approximate surface area is 241 Å². The van der Waals surface area contributed by atoms with Crippen LogP contribution in [0.5, 0.6) is 0 Å². The van der Waals surface area contributed by atoms with Gasteiger partial charge in [0.05, 0.1) is 27.8 Å². The highest BCUT2D eigenvalue weighted by Gasteiger charge is 2.18. The van der Waals surface area contributed by atoms with Crippen molar-refractivity contribution in [2.75, 3.05) is 0 Å². The highest BCUT2D eigenvalue weighted by Crippen LogP contribution is 2.39. The van der Waals surface area contributed by atoms with Crippen LogP contribution in [0.1, 0.15) is 0 Å². The molecule has 4 heterocycles. The van der Waals surface area contributed by atoms with Crippen LogP contribution in [0.25, 0.3) is 77.1 Å². The first-order valence-electron chi connectivity index (χ1n) is 14.2. The van der Waals surface area contributed by atoms with Crippen LogP contribution >= 0.6 is 0 Å². The van der Waals surface area contributed by atoms with Gasteiger partial charge in [0, 0.05) is 45.2 Å². The van der Waals surface area contributed by atoms with E-state index in [9.17, 15) is 0 Å². The van der Waals surface area contributed by atoms with Crippen molar-refractivity contribution in [1.29, 1.82) is 0 Å². The molecule has 4 heteroatoms. The van der Waals surface area contributed by atoms with Crippen molar-refractivity contribution in [1.82, 2.24) is 19.1 Å². The van der Waals surface area contributed by atoms with Gasteiger partial charge in [-0.15, -0.1) is 0 Å². The fourth-order valence-corrected chi connectivity index (χ4v) is 6.51. The summed E-state index contributed by atoms with van der Waals surface area (Å²) in [6.07, 6.45) is 3.71. The number of hydrogen-bond acceptors (Lipinski definition) is 2. The van der Waals surface area contributed by atoms with Crippen LogP contribution in [0.4, 0.5) is 0 Å². The summed E-state index contributed by atoms with van der Waals surface area (Å²) >= 11 is 0. The van der Waals surface area contributed by atoms with E-state index < -0.39 is 0 Å². The molecular formula is C38H24N4. The zero-order valence-corrected chi connectivity index (χ0v) is 22.6. The maximum atomic E-state index is 4.74. The van der Waals surface area contributed by atoms with Crippen LogP contribution in [0.2, 0.25) is 0 Å². The van der Waals surface area contributed by atoms with Crippen LogP contribution in [-0.2, 0) is 0 Å². The first kappa shape index (κ1) is 23.0. The monoisotopic (exact) mass is 536 g/mol. The predicted octanol–water partition coefficient (Wildman–Crippen LogP) is 9.49. The number of para-hydroxylation sites is 1. The summed E-state index contributed by atoms with van der Waals surface area (Å²) < 4.78 is 4.68. The molecule has 0 radical (unpaired) electrons. The second-order valence-electron chi connectivity index (χ2n) is 10.7. The fraction of sp³-hybridized carbons (Fsp3) is 0. The standard InChI is InChI=1S/C38H24N4/c1-2-10-26-22-36-32(21-25(26)9-1)31-17-15-27(33-12-5-7-19-39-33)23-35(31)41(36)28-16-18-30-29-11-3-4-13-34(29)42(37(30)24-28)38-14-6-8-20-40-38/h1-24H. The molecule has 0 spiro atoms. The quantitative estimate of drug-likeness (QED) is 0.225. The van der Waals surface area contributed by atoms with Gasteiger partial charge in [-0.2, -0.15) is 0 Å². The molecule has 5 aromatic carbocycles. The SMILES string of the molecule is c1ccc(-c2ccc3c4cc5ccccc5cc4n(-c4ccc5c6ccccc6n(-c6ccccn6)c5c4)c3c2)nc1. The average Bonchev–Trinajstić information content (AvgIpc) is 3.56. The number of pyridine rings is 2. The molecule has 0 bridgehead atoms. The number of benzene rings is 5. The molecule has 196 valence electrons. The Balaban J connectivity index is 1.40. The zero-order chi connectivity index (χ0) is 27.6. The van der Waals surface area contributed by atoms with Crippen molar-refractivity contribution in [3.05, 3.63) is 146 Å². The van der Waals surface area contributed by atoms with E-state index in [-0.39, 0.29) is 0 Å². The van der Waals surface area contributed by atoms with E-state index >= 15 is 0 Å². The van der Waals surface area contributed by atoms with E-state index in [4.69, 9.17) is 4.98 Å². The van der Waals surface area contributed by atoms with E-state index in [0.717, 1.165) is 39.3 Å². The summed E-state index contributed by atoms with van der Waals surface area (Å²) in [5.74, 6) is 0.909. The highest BCUT2D eigenvalue weighted by atomic mass is 15.1. The fourth-order valence-electron chi connectivity index (χ4n) is 6.51. The maximum absolute atomic E-state index is 4.74. The number of hydrogen-bond donors (Lipinski definition) is 0. The maximum Gasteiger partial charge on any atom is 0.137 e. The minimum absolute atomic E-state index is 0.909. The molecule has 0 unspecified atom stereocenters. The minimum Gasteiger partial charge on any atom is -0.309 e. The second kappa shape index (κ2) is 8.88. The lowest BCUT2D eigenvalue weighted by molar-refractivity contribution is 1.08. The molecule has 4 aromatic heterocycles. The molecule has 0 N–H and O–H groups in total. The van der Waals surface area contributed by atoms with E-state index in [0.29, 0.717) is 0 Å². The van der Waals surface area contributed by atoms with Gasteiger partial charge >= 0.3 is 0 Å². The van der Waals surface area contributed by atoms with E-state index in [1.165, 1.54) is 37.8 Å². The summed E-state index contributed by atoms with van der Waals surface area (Å²) in [5.41, 5.74) is 7.78. The van der Waals surface area contributed by atoms with E-state index in [1.54, 1.807) is 0 Å². The highest BCUT2D eigenvalue weighted by molar-refractivity contribution is 6.15. The molecule has 0 saturated heterocycles. The summed E-state index contributed by atoms with van der Waals surface area (Å²) in [5, 5.41) is 7.35. The van der Waals surface area contributed by atoms with Crippen molar-refractivity contribution in [3.8, 4) is 22.8 Å². The molecule has 0 amide bonds. The largest absolute Gasteiger partial charge is 0.309 e. The Bertz CT molecular complexity index is 2450. The lowest BCUT2D eigenvalue weighted by atomic mass is 10.0. The summed E-state index contributed by atoms with van der Waals surface area (Å²) in [4.78, 5) is 9.39. The Kier molecular flexibility index (Phi) is 4.87. The minimum atomic E-state index is 0.909. The van der Waals surface area contributed by atoms with Gasteiger partial charge in [-0.05, 0) is 71.4 Å². The third-order valence-corrected chi connectivity index (χ3v) is 8.39. The van der Waals surface area contributed by atoms with Crippen molar-refractivity contribution in [2.24, 2.45) is 0 Å². The molecule has 42 heavy (non-hydrogen) atoms. The summed E-state index contributed by atoms with van der Waals surface area (Å²) in [7, 11) is 0. The van der Waals surface area contributed by atoms with Gasteiger partial charge in [-0.25, -0.2) is 4.98 Å². The van der Waals surface area contributed by atoms with Crippen molar-refractivity contribution >= 4 is 54.4 Å². The van der Waals surface area contributed by atoms with Crippen molar-refractivity contribution < 1.29 is 0 Å². The van der Waals surface area contributed by atoms with Gasteiger partial charge in [0.2, 0.25) is 0 Å². The molecule has 9 aromatic rings. The lowest BCUT2D eigenvalue weighted by Gasteiger charge is -2.11. The van der Waals surface area contributed by atoms with Gasteiger partial charge in [-0.3, -0.25) is 9.55 Å². The van der Waals surface area contributed by atoms with E-state index in [1.807, 2.05) is 36.7 Å². The third-order valence-electron chi connectivity index (χ3n) is 8.39. The molecule has 0 aliphatic carbocycles. The normalized spacial score (nSPS) is 11.8. The molecule has 0 aliphatic rings. The number of nitrogens with zero attached hydrogens (tertiary/aromatic N) is 4. The van der Waals surface area contributed by atoms with Gasteiger partial charge in [0.25, 0.3) is 0 Å². The van der Waals surface area contributed by atoms with Gasteiger partial charge in [0.1, 0.15) is 5.82 Å². The lowest BCUT2D eigenvalue weighted by Crippen LogP contribution is -1.98. The second-order valence-corrected chi connectivity index (χ2v) is 10.7. The first-order chi connectivity index (χ1) is 20.8. The smallest absolute Gasteiger partial charge is 0.137 e. The molecule has 0 fully saturated rings. The van der Waals surface area contributed by atoms with Gasteiger partial charge < -0.3 is 4.57 Å². The molecule has 0 aliphatic heterocycles. The van der Waals surface area contributed by atoms with Crippen molar-refractivity contribution in [2.45, 2.75) is 0 Å². The summed E-state index contributed by atoms with van der Waals surface area (Å²) in [6, 6.07) is 47.5. The number of rotatable bonds is 3. The molecule has 4 nitrogen and oxygen atoms in total. The van der Waals surface area contributed by atoms with Crippen LogP contribution in [0, 0.1) is 0 Å². The van der Waals surface area contributed by atoms with Gasteiger partial charge in [-0.1, -0.05) is 72.8 Å². The number of aromatic nitrogens is 4. The van der Waals surface area contributed by atoms with Gasteiger partial charge in [0.15, 0.2) is 0 Å². The van der Waals surface area contributed by atoms with Crippen LogP contribution < -0.4 is 0 Å². The zero-order valence-electron chi connectivity index (χ0n) is 22.6. The molecular weight excluding hydrogens is 512 g/mol. The predicted molar refractivity (Wildman–Crippen MR) is 174 cm³/mol. The van der Waals surface area contributed by atoms with Crippen molar-refractivity contribution in [3.63, 3.8) is 0 Å². The number of fused-ring (bicyclic) bond motifs is 7. The molecule has 0 atom stereocenters. The Morgan fingerprint density at radius 1 is 0.405 bits per heavy atom. The Morgan fingerprint density at radius 2 is 1.07 bits per heavy atom. The topological polar surface area (TPSA) is 35.6 Å². The third kappa shape index (κ3) is 3.36. The van der Waals surface area contributed by atoms with E-state index in [2.05, 4.69) is 123 Å². The first-order valence-corrected chi connectivity index (χ1v) is 14.2. The molecule has 9 rings (SSSR count).